The molecule has 12 heavy (non-hydrogen) atoms. The lowest BCUT2D eigenvalue weighted by Gasteiger charge is -2.28. The van der Waals surface area contributed by atoms with Gasteiger partial charge in [-0.3, -0.25) is 0 Å². The van der Waals surface area contributed by atoms with Crippen molar-refractivity contribution in [3.63, 3.8) is 0 Å². The van der Waals surface area contributed by atoms with Gasteiger partial charge in [-0.25, -0.2) is 0 Å². The van der Waals surface area contributed by atoms with E-state index >= 15 is 0 Å². The fourth-order valence-electron chi connectivity index (χ4n) is 1.97. The number of hydrogen-bond donors (Lipinski definition) is 0. The minimum atomic E-state index is 0.477. The summed E-state index contributed by atoms with van der Waals surface area (Å²) >= 11 is 0. The van der Waals surface area contributed by atoms with E-state index in [1.807, 2.05) is 0 Å². The van der Waals surface area contributed by atoms with Gasteiger partial charge in [0.1, 0.15) is 0 Å². The molecule has 1 heteroatoms. The van der Waals surface area contributed by atoms with Crippen molar-refractivity contribution < 1.29 is 0 Å². The van der Waals surface area contributed by atoms with Crippen LogP contribution >= 0.6 is 0 Å². The van der Waals surface area contributed by atoms with Crippen LogP contribution in [0.25, 0.3) is 0 Å². The van der Waals surface area contributed by atoms with Crippen molar-refractivity contribution in [3.05, 3.63) is 0 Å². The van der Waals surface area contributed by atoms with Crippen molar-refractivity contribution in [1.82, 2.24) is 4.90 Å². The lowest BCUT2D eigenvalue weighted by molar-refractivity contribution is 0.197. The molecule has 0 atom stereocenters. The molecule has 0 N–H and O–H groups in total. The third kappa shape index (κ3) is 4.10. The molecule has 0 bridgehead atoms. The van der Waals surface area contributed by atoms with Crippen LogP contribution in [-0.2, 0) is 0 Å². The highest BCUT2D eigenvalue weighted by Gasteiger charge is 2.16. The molecule has 0 radical (unpaired) electrons. The molecular formula is C11H23N. The Morgan fingerprint density at radius 2 is 1.42 bits per heavy atom. The molecule has 1 nitrogen and oxygen atoms in total. The third-order valence-corrected chi connectivity index (χ3v) is 2.40. The molecule has 1 heterocycles. The van der Waals surface area contributed by atoms with Crippen LogP contribution in [0.4, 0.5) is 0 Å². The van der Waals surface area contributed by atoms with Crippen LogP contribution in [0.15, 0.2) is 0 Å². The maximum Gasteiger partial charge on any atom is 0.00300 e. The zero-order valence-corrected chi connectivity index (χ0v) is 8.90. The quantitative estimate of drug-likeness (QED) is 0.583. The molecular weight excluding hydrogens is 146 g/mol. The van der Waals surface area contributed by atoms with Gasteiger partial charge in [-0.2, -0.15) is 0 Å². The first-order valence-corrected chi connectivity index (χ1v) is 5.30. The second-order valence-electron chi connectivity index (χ2n) is 5.25. The molecule has 0 amide bonds. The van der Waals surface area contributed by atoms with Crippen LogP contribution in [0.3, 0.4) is 0 Å². The van der Waals surface area contributed by atoms with Crippen LogP contribution < -0.4 is 0 Å². The molecule has 0 aromatic carbocycles. The Hall–Kier alpha value is -0.0400. The number of nitrogens with zero attached hydrogens (tertiary/aromatic N) is 1. The normalized spacial score (nSPS) is 22.2. The summed E-state index contributed by atoms with van der Waals surface area (Å²) in [4.78, 5) is 2.63. The van der Waals surface area contributed by atoms with Crippen molar-refractivity contribution >= 4 is 0 Å². The molecule has 1 aliphatic rings. The van der Waals surface area contributed by atoms with Gasteiger partial charge in [-0.1, -0.05) is 33.6 Å². The maximum atomic E-state index is 2.63. The third-order valence-electron chi connectivity index (χ3n) is 2.40. The van der Waals surface area contributed by atoms with Gasteiger partial charge in [-0.15, -0.1) is 0 Å². The molecule has 0 aliphatic carbocycles. The summed E-state index contributed by atoms with van der Waals surface area (Å²) in [5.74, 6) is 0. The molecule has 0 aromatic heterocycles. The van der Waals surface area contributed by atoms with E-state index in [4.69, 9.17) is 0 Å². The summed E-state index contributed by atoms with van der Waals surface area (Å²) < 4.78 is 0. The van der Waals surface area contributed by atoms with E-state index in [2.05, 4.69) is 25.7 Å². The number of hydrogen-bond acceptors (Lipinski definition) is 1. The first-order chi connectivity index (χ1) is 5.58. The van der Waals surface area contributed by atoms with Gasteiger partial charge in [0, 0.05) is 6.54 Å². The zero-order valence-electron chi connectivity index (χ0n) is 8.90. The Morgan fingerprint density at radius 1 is 0.917 bits per heavy atom. The molecule has 1 saturated heterocycles. The highest BCUT2D eigenvalue weighted by Crippen LogP contribution is 2.18. The van der Waals surface area contributed by atoms with Crippen molar-refractivity contribution in [1.29, 1.82) is 0 Å². The Balaban J connectivity index is 2.30. The van der Waals surface area contributed by atoms with E-state index in [0.717, 1.165) is 0 Å². The van der Waals surface area contributed by atoms with Gasteiger partial charge < -0.3 is 4.90 Å². The summed E-state index contributed by atoms with van der Waals surface area (Å²) in [5, 5.41) is 0. The first-order valence-electron chi connectivity index (χ1n) is 5.30. The average molecular weight is 169 g/mol. The van der Waals surface area contributed by atoms with Gasteiger partial charge in [-0.05, 0) is 31.3 Å². The number of rotatable bonds is 1. The molecule has 0 spiro atoms. The van der Waals surface area contributed by atoms with E-state index in [1.165, 1.54) is 45.3 Å². The number of likely N-dealkylation sites (tertiary alicyclic amines) is 1. The second kappa shape index (κ2) is 4.27. The predicted molar refractivity (Wildman–Crippen MR) is 54.4 cm³/mol. The zero-order chi connectivity index (χ0) is 9.03. The van der Waals surface area contributed by atoms with Crippen LogP contribution in [0.1, 0.15) is 46.5 Å². The lowest BCUT2D eigenvalue weighted by Crippen LogP contribution is -2.33. The molecule has 0 aromatic rings. The van der Waals surface area contributed by atoms with E-state index in [-0.39, 0.29) is 0 Å². The Kier molecular flexibility index (Phi) is 3.57. The molecule has 1 rings (SSSR count). The summed E-state index contributed by atoms with van der Waals surface area (Å²) in [6.45, 7) is 10.9. The van der Waals surface area contributed by atoms with E-state index in [1.54, 1.807) is 0 Å². The van der Waals surface area contributed by atoms with Gasteiger partial charge in [0.15, 0.2) is 0 Å². The van der Waals surface area contributed by atoms with Crippen molar-refractivity contribution in [3.8, 4) is 0 Å². The Labute approximate surface area is 77.1 Å². The summed E-state index contributed by atoms with van der Waals surface area (Å²) in [6.07, 6.45) is 5.72. The summed E-state index contributed by atoms with van der Waals surface area (Å²) in [7, 11) is 0. The summed E-state index contributed by atoms with van der Waals surface area (Å²) in [5.41, 5.74) is 0.477. The molecule has 0 saturated carbocycles. The predicted octanol–water partition coefficient (Wildman–Crippen LogP) is 2.91. The highest BCUT2D eigenvalue weighted by molar-refractivity contribution is 4.71. The molecule has 0 unspecified atom stereocenters. The molecule has 1 fully saturated rings. The lowest BCUT2D eigenvalue weighted by atomic mass is 9.96. The monoisotopic (exact) mass is 169 g/mol. The second-order valence-corrected chi connectivity index (χ2v) is 5.25. The largest absolute Gasteiger partial charge is 0.303 e. The SMILES string of the molecule is CC(C)(C)CN1CCCCCC1. The topological polar surface area (TPSA) is 3.24 Å². The van der Waals surface area contributed by atoms with Crippen molar-refractivity contribution in [2.75, 3.05) is 19.6 Å². The average Bonchev–Trinajstić information content (AvgIpc) is 2.12. The van der Waals surface area contributed by atoms with E-state index in [9.17, 15) is 0 Å². The van der Waals surface area contributed by atoms with Crippen LogP contribution in [0, 0.1) is 5.41 Å². The molecule has 72 valence electrons. The van der Waals surface area contributed by atoms with Gasteiger partial charge in [0.2, 0.25) is 0 Å². The summed E-state index contributed by atoms with van der Waals surface area (Å²) in [6, 6.07) is 0. The fraction of sp³-hybridized carbons (Fsp3) is 1.00. The minimum absolute atomic E-state index is 0.477. The van der Waals surface area contributed by atoms with Gasteiger partial charge in [0.25, 0.3) is 0 Å². The highest BCUT2D eigenvalue weighted by atomic mass is 15.1. The Bertz CT molecular complexity index is 115. The fourth-order valence-corrected chi connectivity index (χ4v) is 1.97. The van der Waals surface area contributed by atoms with Gasteiger partial charge in [0.05, 0.1) is 0 Å². The smallest absolute Gasteiger partial charge is 0.00300 e. The first kappa shape index (κ1) is 10.0. The van der Waals surface area contributed by atoms with Crippen molar-refractivity contribution in [2.24, 2.45) is 5.41 Å². The van der Waals surface area contributed by atoms with Gasteiger partial charge >= 0.3 is 0 Å². The van der Waals surface area contributed by atoms with Crippen LogP contribution in [0.5, 0.6) is 0 Å². The van der Waals surface area contributed by atoms with Crippen LogP contribution in [-0.4, -0.2) is 24.5 Å². The van der Waals surface area contributed by atoms with E-state index < -0.39 is 0 Å². The van der Waals surface area contributed by atoms with Crippen molar-refractivity contribution in [2.45, 2.75) is 46.5 Å². The minimum Gasteiger partial charge on any atom is -0.303 e. The Morgan fingerprint density at radius 3 is 1.83 bits per heavy atom. The van der Waals surface area contributed by atoms with E-state index in [0.29, 0.717) is 5.41 Å². The standard InChI is InChI=1S/C11H23N/c1-11(2,3)10-12-8-6-4-5-7-9-12/h4-10H2,1-3H3. The molecule has 1 aliphatic heterocycles. The maximum absolute atomic E-state index is 2.63. The van der Waals surface area contributed by atoms with Crippen LogP contribution in [0.2, 0.25) is 0 Å².